The van der Waals surface area contributed by atoms with E-state index in [1.54, 1.807) is 6.07 Å². The molecule has 2 aliphatic heterocycles. The fourth-order valence-corrected chi connectivity index (χ4v) is 3.37. The minimum Gasteiger partial charge on any atom is -0.369 e. The number of nitrogens with one attached hydrogen (secondary N) is 1. The van der Waals surface area contributed by atoms with Gasteiger partial charge in [0, 0.05) is 23.6 Å². The van der Waals surface area contributed by atoms with Gasteiger partial charge in [0.1, 0.15) is 0 Å². The molecule has 1 aromatic rings. The van der Waals surface area contributed by atoms with Crippen molar-refractivity contribution >= 4 is 39.0 Å². The molecule has 5 nitrogen and oxygen atoms in total. The number of carbonyl (C=O) groups is 2. The number of hydrogen-bond donors (Lipinski definition) is 1. The predicted molar refractivity (Wildman–Crippen MR) is 81.4 cm³/mol. The minimum atomic E-state index is -0.545. The molecule has 1 atom stereocenters. The molecule has 1 unspecified atom stereocenters. The van der Waals surface area contributed by atoms with Crippen molar-refractivity contribution in [3.8, 4) is 0 Å². The van der Waals surface area contributed by atoms with Crippen molar-refractivity contribution in [1.29, 1.82) is 0 Å². The highest BCUT2D eigenvalue weighted by Crippen LogP contribution is 2.36. The topological polar surface area (TPSA) is 52.7 Å². The van der Waals surface area contributed by atoms with Crippen LogP contribution < -0.4 is 10.2 Å². The number of ketones is 1. The summed E-state index contributed by atoms with van der Waals surface area (Å²) in [6, 6.07) is 4.17. The summed E-state index contributed by atoms with van der Waals surface area (Å²) in [4.78, 5) is 27.6. The quantitative estimate of drug-likeness (QED) is 0.835. The zero-order chi connectivity index (χ0) is 14.4. The Morgan fingerprint density at radius 1 is 1.35 bits per heavy atom. The number of rotatable bonds is 2. The molecule has 2 aliphatic rings. The fourth-order valence-electron chi connectivity index (χ4n) is 2.78. The first-order chi connectivity index (χ1) is 9.47. The summed E-state index contributed by atoms with van der Waals surface area (Å²) in [5, 5.41) is 2.63. The molecule has 0 bridgehead atoms. The van der Waals surface area contributed by atoms with Crippen LogP contribution in [0.4, 0.5) is 11.4 Å². The molecule has 6 heteroatoms. The van der Waals surface area contributed by atoms with Crippen molar-refractivity contribution < 1.29 is 9.59 Å². The van der Waals surface area contributed by atoms with Gasteiger partial charge in [-0.05, 0) is 48.6 Å². The van der Waals surface area contributed by atoms with Crippen LogP contribution >= 0.6 is 15.9 Å². The van der Waals surface area contributed by atoms with Gasteiger partial charge in [-0.3, -0.25) is 9.59 Å². The summed E-state index contributed by atoms with van der Waals surface area (Å²) in [6.45, 7) is 1.93. The van der Waals surface area contributed by atoms with E-state index >= 15 is 0 Å². The maximum Gasteiger partial charge on any atom is 0.296 e. The van der Waals surface area contributed by atoms with E-state index in [-0.39, 0.29) is 0 Å². The molecule has 0 saturated carbocycles. The van der Waals surface area contributed by atoms with Gasteiger partial charge in [0.05, 0.1) is 16.9 Å². The third-order valence-corrected chi connectivity index (χ3v) is 4.66. The van der Waals surface area contributed by atoms with Gasteiger partial charge in [-0.2, -0.15) is 0 Å². The lowest BCUT2D eigenvalue weighted by Gasteiger charge is -2.23. The van der Waals surface area contributed by atoms with Crippen LogP contribution in [0.15, 0.2) is 16.6 Å². The van der Waals surface area contributed by atoms with Gasteiger partial charge in [0.2, 0.25) is 0 Å². The molecule has 1 amide bonds. The van der Waals surface area contributed by atoms with E-state index in [1.807, 2.05) is 6.07 Å². The lowest BCUT2D eigenvalue weighted by Crippen LogP contribution is -2.31. The number of hydrogen-bond acceptors (Lipinski definition) is 4. The Bertz CT molecular complexity index is 600. The second-order valence-corrected chi connectivity index (χ2v) is 6.34. The summed E-state index contributed by atoms with van der Waals surface area (Å²) in [5.74, 6) is -1.00. The summed E-state index contributed by atoms with van der Waals surface area (Å²) < 4.78 is 0.862. The van der Waals surface area contributed by atoms with Crippen molar-refractivity contribution in [1.82, 2.24) is 4.90 Å². The van der Waals surface area contributed by atoms with Gasteiger partial charge in [-0.25, -0.2) is 0 Å². The first-order valence-electron chi connectivity index (χ1n) is 6.58. The molecular formula is C14H16BrN3O2. The Kier molecular flexibility index (Phi) is 3.30. The number of carbonyl (C=O) groups excluding carboxylic acids is 2. The fraction of sp³-hybridized carbons (Fsp3) is 0.429. The summed E-state index contributed by atoms with van der Waals surface area (Å²) in [6.07, 6.45) is 1.11. The van der Waals surface area contributed by atoms with Crippen molar-refractivity contribution in [2.75, 3.05) is 37.4 Å². The predicted octanol–water partition coefficient (Wildman–Crippen LogP) is 1.72. The molecule has 0 radical (unpaired) electrons. The van der Waals surface area contributed by atoms with E-state index in [4.69, 9.17) is 0 Å². The maximum absolute atomic E-state index is 11.7. The number of anilines is 2. The molecule has 0 aromatic heterocycles. The molecule has 0 spiro atoms. The van der Waals surface area contributed by atoms with E-state index in [2.05, 4.69) is 45.1 Å². The lowest BCUT2D eigenvalue weighted by molar-refractivity contribution is -0.112. The Morgan fingerprint density at radius 2 is 2.10 bits per heavy atom. The zero-order valence-electron chi connectivity index (χ0n) is 11.4. The third-order valence-electron chi connectivity index (χ3n) is 4.02. The highest BCUT2D eigenvalue weighted by Gasteiger charge is 2.31. The monoisotopic (exact) mass is 337 g/mol. The summed E-state index contributed by atoms with van der Waals surface area (Å²) >= 11 is 3.52. The molecule has 20 heavy (non-hydrogen) atoms. The number of benzene rings is 1. The SMILES string of the molecule is CN(C)C1CCN(c2cc3c(cc2Br)C(=O)C(=O)N3)C1. The van der Waals surface area contributed by atoms with Crippen LogP contribution in [0.5, 0.6) is 0 Å². The van der Waals surface area contributed by atoms with E-state index in [1.165, 1.54) is 0 Å². The second-order valence-electron chi connectivity index (χ2n) is 5.48. The largest absolute Gasteiger partial charge is 0.369 e. The normalized spacial score (nSPS) is 21.6. The minimum absolute atomic E-state index is 0.453. The van der Waals surface area contributed by atoms with Gasteiger partial charge < -0.3 is 15.1 Å². The van der Waals surface area contributed by atoms with E-state index in [0.29, 0.717) is 17.3 Å². The van der Waals surface area contributed by atoms with E-state index in [9.17, 15) is 9.59 Å². The van der Waals surface area contributed by atoms with Crippen molar-refractivity contribution in [3.63, 3.8) is 0 Å². The molecule has 1 fully saturated rings. The standard InChI is InChI=1S/C14H16BrN3O2/c1-17(2)8-3-4-18(7-8)12-6-11-9(5-10(12)15)13(19)14(20)16-11/h5-6,8H,3-4,7H2,1-2H3,(H,16,19,20). The number of Topliss-reactive ketones (excluding diaryl/α,β-unsaturated/α-hetero) is 1. The molecule has 1 N–H and O–H groups in total. The summed E-state index contributed by atoms with van der Waals surface area (Å²) in [5.41, 5.74) is 2.10. The van der Waals surface area contributed by atoms with Crippen LogP contribution in [0.1, 0.15) is 16.8 Å². The Morgan fingerprint density at radius 3 is 2.75 bits per heavy atom. The molecule has 106 valence electrons. The number of nitrogens with zero attached hydrogens (tertiary/aromatic N) is 2. The number of amides is 1. The third kappa shape index (κ3) is 2.13. The number of halogens is 1. The van der Waals surface area contributed by atoms with Crippen LogP contribution in [0.3, 0.4) is 0 Å². The Hall–Kier alpha value is -1.40. The van der Waals surface area contributed by atoms with Crippen LogP contribution in [-0.4, -0.2) is 49.8 Å². The van der Waals surface area contributed by atoms with E-state index < -0.39 is 11.7 Å². The lowest BCUT2D eigenvalue weighted by atomic mass is 10.1. The summed E-state index contributed by atoms with van der Waals surface area (Å²) in [7, 11) is 4.18. The Labute approximate surface area is 126 Å². The van der Waals surface area contributed by atoms with Gasteiger partial charge >= 0.3 is 0 Å². The van der Waals surface area contributed by atoms with Gasteiger partial charge in [-0.15, -0.1) is 0 Å². The molecule has 3 rings (SSSR count). The van der Waals surface area contributed by atoms with Crippen LogP contribution in [0, 0.1) is 0 Å². The molecule has 1 saturated heterocycles. The Balaban J connectivity index is 1.91. The van der Waals surface area contributed by atoms with E-state index in [0.717, 1.165) is 29.7 Å². The maximum atomic E-state index is 11.7. The average molecular weight is 338 g/mol. The first-order valence-corrected chi connectivity index (χ1v) is 7.37. The van der Waals surface area contributed by atoms with Crippen LogP contribution in [0.2, 0.25) is 0 Å². The second kappa shape index (κ2) is 4.86. The number of likely N-dealkylation sites (N-methyl/N-ethyl adjacent to an activating group) is 1. The smallest absolute Gasteiger partial charge is 0.296 e. The molecular weight excluding hydrogens is 322 g/mol. The molecule has 2 heterocycles. The van der Waals surface area contributed by atoms with Gasteiger partial charge in [0.15, 0.2) is 0 Å². The van der Waals surface area contributed by atoms with Crippen molar-refractivity contribution in [2.24, 2.45) is 0 Å². The van der Waals surface area contributed by atoms with Crippen molar-refractivity contribution in [3.05, 3.63) is 22.2 Å². The first kappa shape index (κ1) is 13.6. The van der Waals surface area contributed by atoms with Crippen LogP contribution in [-0.2, 0) is 4.79 Å². The highest BCUT2D eigenvalue weighted by molar-refractivity contribution is 9.10. The average Bonchev–Trinajstić information content (AvgIpc) is 2.97. The van der Waals surface area contributed by atoms with Crippen molar-refractivity contribution in [2.45, 2.75) is 12.5 Å². The van der Waals surface area contributed by atoms with Crippen LogP contribution in [0.25, 0.3) is 0 Å². The van der Waals surface area contributed by atoms with Gasteiger partial charge in [-0.1, -0.05) is 0 Å². The highest BCUT2D eigenvalue weighted by atomic mass is 79.9. The van der Waals surface area contributed by atoms with Gasteiger partial charge in [0.25, 0.3) is 11.7 Å². The number of fused-ring (bicyclic) bond motifs is 1. The molecule has 1 aromatic carbocycles. The zero-order valence-corrected chi connectivity index (χ0v) is 13.0. The molecule has 0 aliphatic carbocycles.